The Morgan fingerprint density at radius 1 is 1.07 bits per heavy atom. The quantitative estimate of drug-likeness (QED) is 0.776. The highest BCUT2D eigenvalue weighted by molar-refractivity contribution is 6.30. The van der Waals surface area contributed by atoms with Crippen LogP contribution in [0.1, 0.15) is 22.8 Å². The smallest absolute Gasteiger partial charge is 0.254 e. The zero-order valence-electron chi connectivity index (χ0n) is 15.9. The molecule has 28 heavy (non-hydrogen) atoms. The van der Waals surface area contributed by atoms with E-state index < -0.39 is 0 Å². The first-order valence-corrected chi connectivity index (χ1v) is 9.46. The van der Waals surface area contributed by atoms with Crippen molar-refractivity contribution in [3.63, 3.8) is 0 Å². The molecule has 0 aliphatic carbocycles. The highest BCUT2D eigenvalue weighted by Gasteiger charge is 2.32. The van der Waals surface area contributed by atoms with E-state index in [1.807, 2.05) is 26.0 Å². The molecular formula is C21H22ClN3O3. The lowest BCUT2D eigenvalue weighted by Gasteiger charge is -2.24. The highest BCUT2D eigenvalue weighted by Crippen LogP contribution is 2.22. The van der Waals surface area contributed by atoms with Crippen LogP contribution in [0.15, 0.2) is 48.5 Å². The number of halogens is 1. The Bertz CT molecular complexity index is 881. The number of nitrogens with zero attached hydrogens (tertiary/aromatic N) is 3. The van der Waals surface area contributed by atoms with Gasteiger partial charge < -0.3 is 9.80 Å². The second-order valence-electron chi connectivity index (χ2n) is 6.72. The van der Waals surface area contributed by atoms with Gasteiger partial charge >= 0.3 is 0 Å². The van der Waals surface area contributed by atoms with Gasteiger partial charge in [0.25, 0.3) is 5.91 Å². The topological polar surface area (TPSA) is 60.9 Å². The van der Waals surface area contributed by atoms with Gasteiger partial charge in [-0.2, -0.15) is 0 Å². The van der Waals surface area contributed by atoms with E-state index in [-0.39, 0.29) is 37.5 Å². The van der Waals surface area contributed by atoms with E-state index in [0.29, 0.717) is 22.8 Å². The monoisotopic (exact) mass is 399 g/mol. The van der Waals surface area contributed by atoms with E-state index in [0.717, 1.165) is 5.56 Å². The van der Waals surface area contributed by atoms with Crippen molar-refractivity contribution in [2.45, 2.75) is 13.8 Å². The summed E-state index contributed by atoms with van der Waals surface area (Å²) in [6, 6.07) is 14.1. The van der Waals surface area contributed by atoms with Crippen molar-refractivity contribution in [1.29, 1.82) is 0 Å². The molecule has 1 saturated heterocycles. The maximum Gasteiger partial charge on any atom is 0.254 e. The molecule has 2 aromatic carbocycles. The van der Waals surface area contributed by atoms with Crippen LogP contribution in [-0.4, -0.2) is 53.8 Å². The summed E-state index contributed by atoms with van der Waals surface area (Å²) in [7, 11) is 0. The van der Waals surface area contributed by atoms with Crippen molar-refractivity contribution in [2.24, 2.45) is 0 Å². The first-order chi connectivity index (χ1) is 13.4. The SMILES string of the molecule is CCN(CC(=O)N1CC(=O)N(c2ccc(Cl)cc2)C1)C(=O)c1ccc(C)cc1. The second kappa shape index (κ2) is 8.44. The molecule has 0 aromatic heterocycles. The van der Waals surface area contributed by atoms with E-state index >= 15 is 0 Å². The number of carbonyl (C=O) groups is 3. The number of hydrogen-bond donors (Lipinski definition) is 0. The third-order valence-electron chi connectivity index (χ3n) is 4.72. The Balaban J connectivity index is 1.66. The van der Waals surface area contributed by atoms with Gasteiger partial charge in [-0.3, -0.25) is 19.3 Å². The van der Waals surface area contributed by atoms with Gasteiger partial charge in [-0.1, -0.05) is 29.3 Å². The zero-order valence-corrected chi connectivity index (χ0v) is 16.6. The molecule has 3 amide bonds. The largest absolute Gasteiger partial charge is 0.330 e. The first-order valence-electron chi connectivity index (χ1n) is 9.08. The van der Waals surface area contributed by atoms with Crippen LogP contribution < -0.4 is 4.90 Å². The normalized spacial score (nSPS) is 13.8. The Hall–Kier alpha value is -2.86. The molecule has 1 fully saturated rings. The summed E-state index contributed by atoms with van der Waals surface area (Å²) in [6.07, 6.45) is 0. The summed E-state index contributed by atoms with van der Waals surface area (Å²) in [4.78, 5) is 42.2. The van der Waals surface area contributed by atoms with Gasteiger partial charge in [0.15, 0.2) is 0 Å². The van der Waals surface area contributed by atoms with Crippen LogP contribution in [0, 0.1) is 6.92 Å². The minimum atomic E-state index is -0.257. The van der Waals surface area contributed by atoms with Crippen LogP contribution in [0.5, 0.6) is 0 Å². The second-order valence-corrected chi connectivity index (χ2v) is 7.15. The van der Waals surface area contributed by atoms with Crippen molar-refractivity contribution >= 4 is 35.0 Å². The summed E-state index contributed by atoms with van der Waals surface area (Å²) >= 11 is 5.89. The van der Waals surface area contributed by atoms with Gasteiger partial charge in [-0.25, -0.2) is 0 Å². The molecule has 7 heteroatoms. The first kappa shape index (κ1) is 19.9. The lowest BCUT2D eigenvalue weighted by molar-refractivity contribution is -0.132. The summed E-state index contributed by atoms with van der Waals surface area (Å²) < 4.78 is 0. The number of aryl methyl sites for hydroxylation is 1. The summed E-state index contributed by atoms with van der Waals surface area (Å²) in [6.45, 7) is 4.28. The fraction of sp³-hybridized carbons (Fsp3) is 0.286. The lowest BCUT2D eigenvalue weighted by atomic mass is 10.1. The van der Waals surface area contributed by atoms with E-state index in [1.165, 1.54) is 14.7 Å². The van der Waals surface area contributed by atoms with Crippen LogP contribution in [0.25, 0.3) is 0 Å². The Morgan fingerprint density at radius 3 is 2.32 bits per heavy atom. The number of rotatable bonds is 5. The van der Waals surface area contributed by atoms with Crippen LogP contribution in [0.4, 0.5) is 5.69 Å². The number of carbonyl (C=O) groups excluding carboxylic acids is 3. The fourth-order valence-corrected chi connectivity index (χ4v) is 3.16. The third-order valence-corrected chi connectivity index (χ3v) is 4.98. The molecule has 0 atom stereocenters. The molecule has 0 bridgehead atoms. The van der Waals surface area contributed by atoms with Crippen molar-refractivity contribution in [2.75, 3.05) is 31.2 Å². The molecule has 3 rings (SSSR count). The van der Waals surface area contributed by atoms with Crippen LogP contribution >= 0.6 is 11.6 Å². The predicted molar refractivity (Wildman–Crippen MR) is 108 cm³/mol. The Kier molecular flexibility index (Phi) is 5.99. The van der Waals surface area contributed by atoms with Crippen molar-refractivity contribution in [3.8, 4) is 0 Å². The number of benzene rings is 2. The molecule has 146 valence electrons. The molecule has 0 unspecified atom stereocenters. The maximum absolute atomic E-state index is 12.7. The zero-order chi connectivity index (χ0) is 20.3. The molecular weight excluding hydrogens is 378 g/mol. The van der Waals surface area contributed by atoms with Crippen molar-refractivity contribution in [1.82, 2.24) is 9.80 Å². The molecule has 0 radical (unpaired) electrons. The third kappa shape index (κ3) is 4.34. The minimum absolute atomic E-state index is 0.00225. The minimum Gasteiger partial charge on any atom is -0.330 e. The van der Waals surface area contributed by atoms with Crippen molar-refractivity contribution in [3.05, 3.63) is 64.7 Å². The van der Waals surface area contributed by atoms with E-state index in [9.17, 15) is 14.4 Å². The highest BCUT2D eigenvalue weighted by atomic mass is 35.5. The van der Waals surface area contributed by atoms with E-state index in [2.05, 4.69) is 0 Å². The Morgan fingerprint density at radius 2 is 1.71 bits per heavy atom. The van der Waals surface area contributed by atoms with Gasteiger partial charge in [0, 0.05) is 22.8 Å². The van der Waals surface area contributed by atoms with E-state index in [1.54, 1.807) is 36.4 Å². The number of hydrogen-bond acceptors (Lipinski definition) is 3. The van der Waals surface area contributed by atoms with Crippen LogP contribution in [0.2, 0.25) is 5.02 Å². The molecule has 1 aliphatic rings. The lowest BCUT2D eigenvalue weighted by Crippen LogP contribution is -2.42. The van der Waals surface area contributed by atoms with Gasteiger partial charge in [0.05, 0.1) is 0 Å². The van der Waals surface area contributed by atoms with Crippen molar-refractivity contribution < 1.29 is 14.4 Å². The maximum atomic E-state index is 12.7. The molecule has 2 aromatic rings. The van der Waals surface area contributed by atoms with Gasteiger partial charge in [-0.05, 0) is 50.2 Å². The number of amides is 3. The van der Waals surface area contributed by atoms with Gasteiger partial charge in [0.1, 0.15) is 19.8 Å². The summed E-state index contributed by atoms with van der Waals surface area (Å²) in [5.74, 6) is -0.619. The van der Waals surface area contributed by atoms with Crippen LogP contribution in [0.3, 0.4) is 0 Å². The average Bonchev–Trinajstić information content (AvgIpc) is 3.08. The number of anilines is 1. The molecule has 0 N–H and O–H groups in total. The standard InChI is InChI=1S/C21H22ClN3O3/c1-3-23(21(28)16-6-4-15(2)5-7-16)12-19(26)24-13-20(27)25(14-24)18-10-8-17(22)9-11-18/h4-11H,3,12-14H2,1-2H3. The average molecular weight is 400 g/mol. The van der Waals surface area contributed by atoms with E-state index in [4.69, 9.17) is 11.6 Å². The summed E-state index contributed by atoms with van der Waals surface area (Å²) in [5.41, 5.74) is 2.29. The molecule has 1 aliphatic heterocycles. The molecule has 0 spiro atoms. The van der Waals surface area contributed by atoms with Gasteiger partial charge in [0.2, 0.25) is 11.8 Å². The molecule has 0 saturated carbocycles. The molecule has 6 nitrogen and oxygen atoms in total. The summed E-state index contributed by atoms with van der Waals surface area (Å²) in [5, 5.41) is 0.580. The predicted octanol–water partition coefficient (Wildman–Crippen LogP) is 2.94. The molecule has 1 heterocycles. The Labute approximate surface area is 169 Å². The number of likely N-dealkylation sites (N-methyl/N-ethyl adjacent to an activating group) is 1. The van der Waals surface area contributed by atoms with Crippen LogP contribution in [-0.2, 0) is 9.59 Å². The van der Waals surface area contributed by atoms with Gasteiger partial charge in [-0.15, -0.1) is 0 Å². The fourth-order valence-electron chi connectivity index (χ4n) is 3.03.